The van der Waals surface area contributed by atoms with Crippen molar-refractivity contribution in [2.45, 2.75) is 50.4 Å². The summed E-state index contributed by atoms with van der Waals surface area (Å²) >= 11 is 0. The van der Waals surface area contributed by atoms with E-state index in [9.17, 15) is 13.2 Å². The van der Waals surface area contributed by atoms with Crippen LogP contribution in [0.1, 0.15) is 54.1 Å². The van der Waals surface area contributed by atoms with Gasteiger partial charge in [-0.05, 0) is 30.0 Å². The van der Waals surface area contributed by atoms with E-state index in [-0.39, 0.29) is 5.41 Å². The Morgan fingerprint density at radius 3 is 2.38 bits per heavy atom. The lowest BCUT2D eigenvalue weighted by Gasteiger charge is -2.34. The van der Waals surface area contributed by atoms with Crippen LogP contribution in [0.4, 0.5) is 13.2 Å². The quantitative estimate of drug-likeness (QED) is 0.413. The molecule has 0 bridgehead atoms. The van der Waals surface area contributed by atoms with Crippen LogP contribution in [0.15, 0.2) is 59.1 Å². The maximum absolute atomic E-state index is 13.0. The van der Waals surface area contributed by atoms with E-state index in [1.807, 2.05) is 6.07 Å². The first kappa shape index (κ1) is 25.9. The molecule has 0 radical (unpaired) electrons. The first-order chi connectivity index (χ1) is 17.9. The molecule has 0 atom stereocenters. The third kappa shape index (κ3) is 6.22. The number of benzene rings is 2. The number of aromatic nitrogens is 2. The summed E-state index contributed by atoms with van der Waals surface area (Å²) in [6, 6.07) is 16.1. The lowest BCUT2D eigenvalue weighted by Crippen LogP contribution is -2.47. The molecule has 1 N–H and O–H groups in total. The second-order valence-corrected chi connectivity index (χ2v) is 10.2. The van der Waals surface area contributed by atoms with E-state index in [4.69, 9.17) is 9.51 Å². The molecule has 1 aliphatic carbocycles. The van der Waals surface area contributed by atoms with Crippen LogP contribution in [0.25, 0.3) is 0 Å². The van der Waals surface area contributed by atoms with Gasteiger partial charge in [0.15, 0.2) is 5.82 Å². The van der Waals surface area contributed by atoms with E-state index < -0.39 is 11.7 Å². The van der Waals surface area contributed by atoms with E-state index in [1.165, 1.54) is 30.5 Å². The van der Waals surface area contributed by atoms with Crippen molar-refractivity contribution in [2.24, 2.45) is 0 Å². The van der Waals surface area contributed by atoms with Crippen LogP contribution in [0.5, 0.6) is 0 Å². The van der Waals surface area contributed by atoms with Crippen LogP contribution in [0, 0.1) is 0 Å². The summed E-state index contributed by atoms with van der Waals surface area (Å²) in [5.74, 6) is 1.41. The average Bonchev–Trinajstić information content (AvgIpc) is 3.59. The molecule has 2 aliphatic rings. The van der Waals surface area contributed by atoms with Crippen molar-refractivity contribution in [1.82, 2.24) is 25.3 Å². The van der Waals surface area contributed by atoms with E-state index in [2.05, 4.69) is 44.5 Å². The maximum atomic E-state index is 13.0. The Morgan fingerprint density at radius 2 is 1.65 bits per heavy atom. The number of alkyl halides is 3. The Morgan fingerprint density at radius 1 is 0.919 bits per heavy atom. The zero-order valence-corrected chi connectivity index (χ0v) is 21.0. The van der Waals surface area contributed by atoms with Crippen LogP contribution >= 0.6 is 0 Å². The zero-order valence-electron chi connectivity index (χ0n) is 21.0. The predicted octanol–water partition coefficient (Wildman–Crippen LogP) is 4.86. The molecule has 2 heterocycles. The Labute approximate surface area is 215 Å². The zero-order chi connectivity index (χ0) is 25.7. The molecule has 1 saturated heterocycles. The molecule has 5 rings (SSSR count). The number of hydrogen-bond acceptors (Lipinski definition) is 6. The molecule has 37 heavy (non-hydrogen) atoms. The molecule has 0 amide bonds. The van der Waals surface area contributed by atoms with Crippen LogP contribution in [0.3, 0.4) is 0 Å². The van der Waals surface area contributed by atoms with Crippen molar-refractivity contribution in [2.75, 3.05) is 39.3 Å². The SMILES string of the molecule is FC(F)(F)c1cccc(CN2CCN(CCNCc3nc(C4(c5ccccc5)CCCC4)no3)CC2)c1. The molecular weight excluding hydrogens is 479 g/mol. The molecule has 2 aromatic carbocycles. The fraction of sp³-hybridized carbons (Fsp3) is 0.500. The van der Waals surface area contributed by atoms with Crippen LogP contribution in [-0.4, -0.2) is 59.2 Å². The highest BCUT2D eigenvalue weighted by atomic mass is 19.4. The van der Waals surface area contributed by atoms with Crippen molar-refractivity contribution < 1.29 is 17.7 Å². The number of rotatable bonds is 9. The maximum Gasteiger partial charge on any atom is 0.416 e. The Bertz CT molecular complexity index is 1140. The van der Waals surface area contributed by atoms with Gasteiger partial charge in [-0.15, -0.1) is 0 Å². The summed E-state index contributed by atoms with van der Waals surface area (Å²) in [6.45, 7) is 6.24. The highest BCUT2D eigenvalue weighted by molar-refractivity contribution is 5.33. The largest absolute Gasteiger partial charge is 0.416 e. The van der Waals surface area contributed by atoms with Crippen LogP contribution in [-0.2, 0) is 24.7 Å². The van der Waals surface area contributed by atoms with Gasteiger partial charge in [0.05, 0.1) is 17.5 Å². The molecule has 2 fully saturated rings. The van der Waals surface area contributed by atoms with Crippen molar-refractivity contribution in [3.8, 4) is 0 Å². The summed E-state index contributed by atoms with van der Waals surface area (Å²) in [7, 11) is 0. The minimum Gasteiger partial charge on any atom is -0.338 e. The highest BCUT2D eigenvalue weighted by Crippen LogP contribution is 2.45. The number of nitrogens with one attached hydrogen (secondary N) is 1. The molecule has 1 saturated carbocycles. The monoisotopic (exact) mass is 513 g/mol. The van der Waals surface area contributed by atoms with Gasteiger partial charge in [0.25, 0.3) is 0 Å². The van der Waals surface area contributed by atoms with Crippen molar-refractivity contribution in [3.63, 3.8) is 0 Å². The first-order valence-electron chi connectivity index (χ1n) is 13.1. The minimum absolute atomic E-state index is 0.142. The fourth-order valence-corrected chi connectivity index (χ4v) is 5.61. The highest BCUT2D eigenvalue weighted by Gasteiger charge is 2.41. The Kier molecular flexibility index (Phi) is 7.92. The molecule has 6 nitrogen and oxygen atoms in total. The van der Waals surface area contributed by atoms with Crippen molar-refractivity contribution in [3.05, 3.63) is 83.0 Å². The topological polar surface area (TPSA) is 57.4 Å². The second-order valence-electron chi connectivity index (χ2n) is 10.2. The van der Waals surface area contributed by atoms with E-state index in [0.717, 1.165) is 64.0 Å². The van der Waals surface area contributed by atoms with Gasteiger partial charge in [0, 0.05) is 45.8 Å². The van der Waals surface area contributed by atoms with E-state index >= 15 is 0 Å². The van der Waals surface area contributed by atoms with Gasteiger partial charge < -0.3 is 9.84 Å². The Balaban J connectivity index is 1.05. The van der Waals surface area contributed by atoms with E-state index in [1.54, 1.807) is 6.07 Å². The molecule has 1 aromatic heterocycles. The molecule has 0 spiro atoms. The predicted molar refractivity (Wildman–Crippen MR) is 135 cm³/mol. The standard InChI is InChI=1S/C28H34F3N5O/c29-28(30,31)24-10-6-7-22(19-24)21-36-17-15-35(16-18-36)14-13-32-20-25-33-26(34-37-25)27(11-4-5-12-27)23-8-2-1-3-9-23/h1-3,6-10,19,32H,4-5,11-18,20-21H2. The normalized spacial score (nSPS) is 18.9. The van der Waals surface area contributed by atoms with Gasteiger partial charge in [0.1, 0.15) is 0 Å². The number of halogens is 3. The van der Waals surface area contributed by atoms with Gasteiger partial charge in [0.2, 0.25) is 5.89 Å². The molecule has 198 valence electrons. The van der Waals surface area contributed by atoms with Gasteiger partial charge in [-0.1, -0.05) is 66.5 Å². The fourth-order valence-electron chi connectivity index (χ4n) is 5.61. The molecule has 1 aliphatic heterocycles. The summed E-state index contributed by atoms with van der Waals surface area (Å²) in [6.07, 6.45) is 0.130. The third-order valence-corrected chi connectivity index (χ3v) is 7.69. The molecular formula is C28H34F3N5O. The summed E-state index contributed by atoms with van der Waals surface area (Å²) < 4.78 is 44.5. The van der Waals surface area contributed by atoms with Crippen molar-refractivity contribution in [1.29, 1.82) is 0 Å². The average molecular weight is 514 g/mol. The number of piperazine rings is 1. The summed E-state index contributed by atoms with van der Waals surface area (Å²) in [4.78, 5) is 9.35. The molecule has 9 heteroatoms. The Hall–Kier alpha value is -2.75. The van der Waals surface area contributed by atoms with Gasteiger partial charge in [-0.25, -0.2) is 0 Å². The van der Waals surface area contributed by atoms with Crippen molar-refractivity contribution >= 4 is 0 Å². The molecule has 0 unspecified atom stereocenters. The number of hydrogen-bond donors (Lipinski definition) is 1. The second kappa shape index (κ2) is 11.3. The third-order valence-electron chi connectivity index (χ3n) is 7.69. The van der Waals surface area contributed by atoms with Gasteiger partial charge in [-0.2, -0.15) is 18.2 Å². The first-order valence-corrected chi connectivity index (χ1v) is 13.1. The lowest BCUT2D eigenvalue weighted by molar-refractivity contribution is -0.137. The molecule has 3 aromatic rings. The smallest absolute Gasteiger partial charge is 0.338 e. The summed E-state index contributed by atoms with van der Waals surface area (Å²) in [5.41, 5.74) is 1.24. The number of nitrogens with zero attached hydrogens (tertiary/aromatic N) is 4. The lowest BCUT2D eigenvalue weighted by atomic mass is 9.78. The van der Waals surface area contributed by atoms with Crippen LogP contribution in [0.2, 0.25) is 0 Å². The summed E-state index contributed by atoms with van der Waals surface area (Å²) in [5, 5.41) is 7.79. The van der Waals surface area contributed by atoms with Gasteiger partial charge in [-0.3, -0.25) is 9.80 Å². The minimum atomic E-state index is -4.30. The van der Waals surface area contributed by atoms with Gasteiger partial charge >= 0.3 is 6.18 Å². The van der Waals surface area contributed by atoms with Crippen LogP contribution < -0.4 is 5.32 Å². The van der Waals surface area contributed by atoms with E-state index in [0.29, 0.717) is 24.5 Å².